The van der Waals surface area contributed by atoms with Gasteiger partial charge in [-0.25, -0.2) is 9.07 Å². The van der Waals surface area contributed by atoms with E-state index in [2.05, 4.69) is 15.6 Å². The molecule has 1 amide bonds. The van der Waals surface area contributed by atoms with E-state index in [1.807, 2.05) is 0 Å². The van der Waals surface area contributed by atoms with Crippen LogP contribution in [-0.4, -0.2) is 26.0 Å². The van der Waals surface area contributed by atoms with Crippen LogP contribution in [0.25, 0.3) is 0 Å². The van der Waals surface area contributed by atoms with Gasteiger partial charge in [-0.3, -0.25) is 4.79 Å². The fourth-order valence-electron chi connectivity index (χ4n) is 1.56. The quantitative estimate of drug-likeness (QED) is 0.883. The average Bonchev–Trinajstić information content (AvgIpc) is 2.80. The van der Waals surface area contributed by atoms with Crippen LogP contribution in [0.1, 0.15) is 19.5 Å². The van der Waals surface area contributed by atoms with Gasteiger partial charge < -0.3 is 10.4 Å². The van der Waals surface area contributed by atoms with E-state index < -0.39 is 17.3 Å². The number of amides is 1. The highest BCUT2D eigenvalue weighted by Crippen LogP contribution is 2.16. The molecule has 106 valence electrons. The Morgan fingerprint density at radius 3 is 2.75 bits per heavy atom. The monoisotopic (exact) mass is 278 g/mol. The number of rotatable bonds is 4. The van der Waals surface area contributed by atoms with E-state index in [0.29, 0.717) is 5.69 Å². The molecule has 1 aromatic heterocycles. The van der Waals surface area contributed by atoms with Crippen LogP contribution in [0.15, 0.2) is 30.5 Å². The first-order chi connectivity index (χ1) is 9.36. The SMILES string of the molecule is CC(C)(O)c1cn(CC(=O)Nc2ccccc2F)nn1. The third-order valence-electron chi connectivity index (χ3n) is 2.62. The van der Waals surface area contributed by atoms with E-state index in [1.165, 1.54) is 29.1 Å². The molecule has 0 aliphatic carbocycles. The summed E-state index contributed by atoms with van der Waals surface area (Å²) in [4.78, 5) is 11.8. The topological polar surface area (TPSA) is 80.0 Å². The number of aliphatic hydroxyl groups is 1. The number of benzene rings is 1. The Balaban J connectivity index is 2.02. The first-order valence-electron chi connectivity index (χ1n) is 6.03. The van der Waals surface area contributed by atoms with Gasteiger partial charge in [-0.15, -0.1) is 5.10 Å². The van der Waals surface area contributed by atoms with Crippen molar-refractivity contribution in [3.05, 3.63) is 42.0 Å². The van der Waals surface area contributed by atoms with Crippen molar-refractivity contribution in [2.24, 2.45) is 0 Å². The number of carbonyl (C=O) groups is 1. The van der Waals surface area contributed by atoms with Gasteiger partial charge in [0.05, 0.1) is 11.9 Å². The number of hydrogen-bond donors (Lipinski definition) is 2. The highest BCUT2D eigenvalue weighted by molar-refractivity contribution is 5.90. The van der Waals surface area contributed by atoms with Crippen molar-refractivity contribution in [3.8, 4) is 0 Å². The van der Waals surface area contributed by atoms with Gasteiger partial charge in [-0.2, -0.15) is 0 Å². The van der Waals surface area contributed by atoms with Gasteiger partial charge in [0.15, 0.2) is 0 Å². The fraction of sp³-hybridized carbons (Fsp3) is 0.308. The molecule has 0 aliphatic rings. The summed E-state index contributed by atoms with van der Waals surface area (Å²) in [6.45, 7) is 3.03. The third-order valence-corrected chi connectivity index (χ3v) is 2.62. The maximum Gasteiger partial charge on any atom is 0.246 e. The average molecular weight is 278 g/mol. The molecule has 0 saturated heterocycles. The van der Waals surface area contributed by atoms with Crippen molar-refractivity contribution in [2.75, 3.05) is 5.32 Å². The van der Waals surface area contributed by atoms with Gasteiger partial charge in [0.1, 0.15) is 23.7 Å². The van der Waals surface area contributed by atoms with Crippen LogP contribution in [0.5, 0.6) is 0 Å². The molecule has 0 spiro atoms. The first-order valence-corrected chi connectivity index (χ1v) is 6.03. The molecule has 0 fully saturated rings. The molecule has 0 radical (unpaired) electrons. The Morgan fingerprint density at radius 2 is 2.15 bits per heavy atom. The number of nitrogens with zero attached hydrogens (tertiary/aromatic N) is 3. The lowest BCUT2D eigenvalue weighted by molar-refractivity contribution is -0.117. The Hall–Kier alpha value is -2.28. The maximum atomic E-state index is 13.4. The van der Waals surface area contributed by atoms with Crippen LogP contribution in [0.3, 0.4) is 0 Å². The molecule has 20 heavy (non-hydrogen) atoms. The number of anilines is 1. The molecule has 0 atom stereocenters. The zero-order valence-corrected chi connectivity index (χ0v) is 11.2. The number of aromatic nitrogens is 3. The highest BCUT2D eigenvalue weighted by atomic mass is 19.1. The zero-order chi connectivity index (χ0) is 14.8. The van der Waals surface area contributed by atoms with Crippen molar-refractivity contribution < 1.29 is 14.3 Å². The van der Waals surface area contributed by atoms with E-state index >= 15 is 0 Å². The second-order valence-electron chi connectivity index (χ2n) is 4.89. The molecular formula is C13H15FN4O2. The second-order valence-corrected chi connectivity index (χ2v) is 4.89. The number of nitrogens with one attached hydrogen (secondary N) is 1. The second kappa shape index (κ2) is 5.38. The van der Waals surface area contributed by atoms with Crippen LogP contribution >= 0.6 is 0 Å². The molecule has 7 heteroatoms. The molecule has 0 aliphatic heterocycles. The normalized spacial score (nSPS) is 11.4. The summed E-state index contributed by atoms with van der Waals surface area (Å²) in [5.74, 6) is -0.932. The Bertz CT molecular complexity index is 619. The van der Waals surface area contributed by atoms with Gasteiger partial charge in [0.2, 0.25) is 5.91 Å². The van der Waals surface area contributed by atoms with Gasteiger partial charge in [0.25, 0.3) is 0 Å². The van der Waals surface area contributed by atoms with Gasteiger partial charge in [-0.1, -0.05) is 17.3 Å². The Morgan fingerprint density at radius 1 is 1.45 bits per heavy atom. The molecule has 0 bridgehead atoms. The smallest absolute Gasteiger partial charge is 0.246 e. The molecule has 1 heterocycles. The van der Waals surface area contributed by atoms with Gasteiger partial charge >= 0.3 is 0 Å². The fourth-order valence-corrected chi connectivity index (χ4v) is 1.56. The Labute approximate surface area is 115 Å². The molecule has 6 nitrogen and oxygen atoms in total. The summed E-state index contributed by atoms with van der Waals surface area (Å²) in [7, 11) is 0. The number of halogens is 1. The molecule has 0 saturated carbocycles. The lowest BCUT2D eigenvalue weighted by Gasteiger charge is -2.11. The number of carbonyl (C=O) groups excluding carboxylic acids is 1. The van der Waals surface area contributed by atoms with Crippen LogP contribution < -0.4 is 5.32 Å². The summed E-state index contributed by atoms with van der Waals surface area (Å²) < 4.78 is 14.6. The molecule has 1 aromatic carbocycles. The lowest BCUT2D eigenvalue weighted by atomic mass is 10.1. The third kappa shape index (κ3) is 3.39. The predicted molar refractivity (Wildman–Crippen MR) is 70.3 cm³/mol. The minimum atomic E-state index is -1.12. The summed E-state index contributed by atoms with van der Waals surface area (Å²) in [5.41, 5.74) is -0.656. The predicted octanol–water partition coefficient (Wildman–Crippen LogP) is 1.28. The minimum Gasteiger partial charge on any atom is -0.384 e. The maximum absolute atomic E-state index is 13.4. The van der Waals surface area contributed by atoms with Crippen molar-refractivity contribution in [3.63, 3.8) is 0 Å². The Kier molecular flexibility index (Phi) is 3.80. The number of hydrogen-bond acceptors (Lipinski definition) is 4. The summed E-state index contributed by atoms with van der Waals surface area (Å²) in [6.07, 6.45) is 1.47. The van der Waals surface area contributed by atoms with Crippen molar-refractivity contribution in [1.29, 1.82) is 0 Å². The minimum absolute atomic E-state index is 0.111. The molecule has 2 aromatic rings. The molecule has 2 N–H and O–H groups in total. The molecule has 0 unspecified atom stereocenters. The van der Waals surface area contributed by atoms with Crippen LogP contribution in [-0.2, 0) is 16.9 Å². The van der Waals surface area contributed by atoms with Gasteiger partial charge in [-0.05, 0) is 26.0 Å². The van der Waals surface area contributed by atoms with Crippen molar-refractivity contribution in [1.82, 2.24) is 15.0 Å². The van der Waals surface area contributed by atoms with E-state index in [1.54, 1.807) is 19.9 Å². The van der Waals surface area contributed by atoms with E-state index in [9.17, 15) is 14.3 Å². The largest absolute Gasteiger partial charge is 0.384 e. The molecular weight excluding hydrogens is 263 g/mol. The lowest BCUT2D eigenvalue weighted by Crippen LogP contribution is -2.20. The van der Waals surface area contributed by atoms with E-state index in [0.717, 1.165) is 0 Å². The summed E-state index contributed by atoms with van der Waals surface area (Å²) in [6, 6.07) is 5.90. The zero-order valence-electron chi connectivity index (χ0n) is 11.2. The van der Waals surface area contributed by atoms with Gasteiger partial charge in [0, 0.05) is 0 Å². The van der Waals surface area contributed by atoms with E-state index in [-0.39, 0.29) is 12.2 Å². The number of para-hydroxylation sites is 1. The summed E-state index contributed by atoms with van der Waals surface area (Å²) >= 11 is 0. The van der Waals surface area contributed by atoms with Crippen molar-refractivity contribution in [2.45, 2.75) is 26.0 Å². The van der Waals surface area contributed by atoms with Crippen LogP contribution in [0, 0.1) is 5.82 Å². The first kappa shape index (κ1) is 14.1. The standard InChI is InChI=1S/C13H15FN4O2/c1-13(2,20)11-7-18(17-16-11)8-12(19)15-10-6-4-3-5-9(10)14/h3-7,20H,8H2,1-2H3,(H,15,19). The van der Waals surface area contributed by atoms with Crippen molar-refractivity contribution >= 4 is 11.6 Å². The molecule has 2 rings (SSSR count). The van der Waals surface area contributed by atoms with E-state index in [4.69, 9.17) is 0 Å². The summed E-state index contributed by atoms with van der Waals surface area (Å²) in [5, 5.41) is 19.7. The van der Waals surface area contributed by atoms with Crippen LogP contribution in [0.2, 0.25) is 0 Å². The highest BCUT2D eigenvalue weighted by Gasteiger charge is 2.20. The van der Waals surface area contributed by atoms with Crippen LogP contribution in [0.4, 0.5) is 10.1 Å².